The molecule has 6 nitrogen and oxygen atoms in total. The molecule has 0 saturated carbocycles. The summed E-state index contributed by atoms with van der Waals surface area (Å²) in [6.45, 7) is 10.1. The van der Waals surface area contributed by atoms with Crippen LogP contribution >= 0.6 is 0 Å². The molecule has 0 N–H and O–H groups in total. The van der Waals surface area contributed by atoms with E-state index in [0.29, 0.717) is 17.5 Å². The lowest BCUT2D eigenvalue weighted by Gasteiger charge is -2.43. The van der Waals surface area contributed by atoms with Gasteiger partial charge in [0.05, 0.1) is 17.7 Å². The lowest BCUT2D eigenvalue weighted by atomic mass is 10.0. The van der Waals surface area contributed by atoms with Crippen LogP contribution in [0.1, 0.15) is 38.8 Å². The van der Waals surface area contributed by atoms with Crippen molar-refractivity contribution in [1.29, 1.82) is 0 Å². The van der Waals surface area contributed by atoms with Crippen LogP contribution in [0.25, 0.3) is 0 Å². The molecular weight excluding hydrogens is 312 g/mol. The van der Waals surface area contributed by atoms with E-state index in [0.717, 1.165) is 32.6 Å². The minimum atomic E-state index is -2.92. The summed E-state index contributed by atoms with van der Waals surface area (Å²) >= 11 is 0. The van der Waals surface area contributed by atoms with Crippen LogP contribution in [0.2, 0.25) is 0 Å². The van der Waals surface area contributed by atoms with Crippen LogP contribution in [0.5, 0.6) is 0 Å². The van der Waals surface area contributed by atoms with Crippen molar-refractivity contribution in [3.05, 3.63) is 18.0 Å². The van der Waals surface area contributed by atoms with Crippen molar-refractivity contribution in [3.8, 4) is 0 Å². The Morgan fingerprint density at radius 1 is 1.22 bits per heavy atom. The van der Waals surface area contributed by atoms with Crippen LogP contribution in [-0.4, -0.2) is 71.2 Å². The van der Waals surface area contributed by atoms with Gasteiger partial charge in [0.15, 0.2) is 9.84 Å². The second-order valence-corrected chi connectivity index (χ2v) is 9.29. The fraction of sp³-hybridized carbons (Fsp3) is 0.812. The van der Waals surface area contributed by atoms with E-state index in [1.807, 2.05) is 10.9 Å². The molecule has 3 rings (SSSR count). The fourth-order valence-corrected chi connectivity index (χ4v) is 5.88. The van der Waals surface area contributed by atoms with Gasteiger partial charge >= 0.3 is 0 Å². The van der Waals surface area contributed by atoms with Gasteiger partial charge in [-0.2, -0.15) is 5.10 Å². The highest BCUT2D eigenvalue weighted by Gasteiger charge is 2.46. The minimum absolute atomic E-state index is 0.127. The zero-order valence-corrected chi connectivity index (χ0v) is 15.2. The monoisotopic (exact) mass is 340 g/mol. The van der Waals surface area contributed by atoms with Crippen LogP contribution in [0.4, 0.5) is 0 Å². The van der Waals surface area contributed by atoms with Crippen molar-refractivity contribution in [2.24, 2.45) is 0 Å². The zero-order valence-electron chi connectivity index (χ0n) is 14.4. The van der Waals surface area contributed by atoms with E-state index < -0.39 is 9.84 Å². The van der Waals surface area contributed by atoms with Gasteiger partial charge in [-0.1, -0.05) is 6.92 Å². The summed E-state index contributed by atoms with van der Waals surface area (Å²) in [7, 11) is -2.92. The Morgan fingerprint density at radius 3 is 2.48 bits per heavy atom. The molecule has 0 aliphatic carbocycles. The average molecular weight is 340 g/mol. The third kappa shape index (κ3) is 3.61. The molecule has 0 amide bonds. The maximum atomic E-state index is 12.2. The zero-order chi connectivity index (χ0) is 16.6. The highest BCUT2D eigenvalue weighted by molar-refractivity contribution is 7.91. The molecule has 0 spiro atoms. The van der Waals surface area contributed by atoms with Crippen LogP contribution in [0.15, 0.2) is 12.4 Å². The predicted molar refractivity (Wildman–Crippen MR) is 91.1 cm³/mol. The van der Waals surface area contributed by atoms with Gasteiger partial charge in [0.2, 0.25) is 0 Å². The van der Waals surface area contributed by atoms with Gasteiger partial charge in [0, 0.05) is 49.5 Å². The summed E-state index contributed by atoms with van der Waals surface area (Å²) in [5.41, 5.74) is 1.17. The molecule has 0 aromatic carbocycles. The van der Waals surface area contributed by atoms with Gasteiger partial charge in [0.1, 0.15) is 0 Å². The molecule has 1 aromatic rings. The Bertz CT molecular complexity index is 640. The van der Waals surface area contributed by atoms with Crippen molar-refractivity contribution >= 4 is 9.84 Å². The van der Waals surface area contributed by atoms with Crippen molar-refractivity contribution in [1.82, 2.24) is 19.6 Å². The first-order chi connectivity index (χ1) is 10.9. The lowest BCUT2D eigenvalue weighted by Crippen LogP contribution is -2.58. The molecule has 0 unspecified atom stereocenters. The highest BCUT2D eigenvalue weighted by Crippen LogP contribution is 2.28. The molecule has 3 heterocycles. The standard InChI is InChI=1S/C16H28N4O2S/c1-4-5-18-6-7-19(16-12-23(21,22)11-15(16)18)9-14-8-17-20(10-14)13(2)3/h8,10,13,15-16H,4-7,9,11-12H2,1-3H3/t15-,16+/m1/s1. The quantitative estimate of drug-likeness (QED) is 0.805. The fourth-order valence-electron chi connectivity index (χ4n) is 3.83. The Balaban J connectivity index is 1.75. The molecule has 2 aliphatic rings. The van der Waals surface area contributed by atoms with Gasteiger partial charge in [-0.15, -0.1) is 0 Å². The minimum Gasteiger partial charge on any atom is -0.297 e. The lowest BCUT2D eigenvalue weighted by molar-refractivity contribution is 0.0405. The first-order valence-corrected chi connectivity index (χ1v) is 10.4. The SMILES string of the molecule is CCCN1CCN(Cc2cnn(C(C)C)c2)[C@H]2CS(=O)(=O)C[C@H]21. The summed E-state index contributed by atoms with van der Waals surface area (Å²) in [6, 6.07) is 0.640. The van der Waals surface area contributed by atoms with Crippen molar-refractivity contribution in [3.63, 3.8) is 0 Å². The van der Waals surface area contributed by atoms with Crippen molar-refractivity contribution in [2.45, 2.75) is 51.9 Å². The van der Waals surface area contributed by atoms with Crippen molar-refractivity contribution < 1.29 is 8.42 Å². The Hall–Kier alpha value is -0.920. The number of hydrogen-bond acceptors (Lipinski definition) is 5. The van der Waals surface area contributed by atoms with E-state index in [1.165, 1.54) is 5.56 Å². The molecule has 130 valence electrons. The number of sulfone groups is 1. The van der Waals surface area contributed by atoms with Gasteiger partial charge in [-0.05, 0) is 26.8 Å². The molecule has 2 aliphatic heterocycles. The largest absolute Gasteiger partial charge is 0.297 e. The maximum Gasteiger partial charge on any atom is 0.153 e. The first kappa shape index (κ1) is 16.9. The average Bonchev–Trinajstić information content (AvgIpc) is 3.05. The van der Waals surface area contributed by atoms with Crippen LogP contribution in [0, 0.1) is 0 Å². The van der Waals surface area contributed by atoms with Crippen LogP contribution in [0.3, 0.4) is 0 Å². The maximum absolute atomic E-state index is 12.2. The van der Waals surface area contributed by atoms with Gasteiger partial charge < -0.3 is 0 Å². The molecule has 7 heteroatoms. The molecule has 1 aromatic heterocycles. The molecule has 2 atom stereocenters. The second-order valence-electron chi connectivity index (χ2n) is 7.14. The Kier molecular flexibility index (Phi) is 4.80. The molecule has 23 heavy (non-hydrogen) atoms. The molecule has 2 fully saturated rings. The van der Waals surface area contributed by atoms with E-state index in [2.05, 4.69) is 41.9 Å². The number of hydrogen-bond donors (Lipinski definition) is 0. The molecule has 2 saturated heterocycles. The second kappa shape index (κ2) is 6.53. The predicted octanol–water partition coefficient (Wildman–Crippen LogP) is 1.16. The van der Waals surface area contributed by atoms with Crippen LogP contribution in [-0.2, 0) is 16.4 Å². The summed E-state index contributed by atoms with van der Waals surface area (Å²) < 4.78 is 26.3. The summed E-state index contributed by atoms with van der Waals surface area (Å²) in [6.07, 6.45) is 5.07. The number of nitrogens with zero attached hydrogens (tertiary/aromatic N) is 4. The van der Waals surface area contributed by atoms with Gasteiger partial charge in [0.25, 0.3) is 0 Å². The number of piperazine rings is 1. The first-order valence-electron chi connectivity index (χ1n) is 8.61. The topological polar surface area (TPSA) is 58.4 Å². The van der Waals surface area contributed by atoms with E-state index in [1.54, 1.807) is 0 Å². The number of rotatable bonds is 5. The summed E-state index contributed by atoms with van der Waals surface area (Å²) in [5.74, 6) is 0.621. The normalized spacial score (nSPS) is 28.3. The number of aromatic nitrogens is 2. The molecular formula is C16H28N4O2S. The van der Waals surface area contributed by atoms with Gasteiger partial charge in [-0.3, -0.25) is 14.5 Å². The van der Waals surface area contributed by atoms with E-state index >= 15 is 0 Å². The molecule has 0 radical (unpaired) electrons. The van der Waals surface area contributed by atoms with Crippen molar-refractivity contribution in [2.75, 3.05) is 31.1 Å². The van der Waals surface area contributed by atoms with E-state index in [9.17, 15) is 8.42 Å². The third-order valence-electron chi connectivity index (χ3n) is 4.99. The number of fused-ring (bicyclic) bond motifs is 1. The van der Waals surface area contributed by atoms with Gasteiger partial charge in [-0.25, -0.2) is 8.42 Å². The third-order valence-corrected chi connectivity index (χ3v) is 6.69. The summed E-state index contributed by atoms with van der Waals surface area (Å²) in [5, 5.41) is 4.40. The highest BCUT2D eigenvalue weighted by atomic mass is 32.2. The smallest absolute Gasteiger partial charge is 0.153 e. The van der Waals surface area contributed by atoms with Crippen LogP contribution < -0.4 is 0 Å². The van der Waals surface area contributed by atoms with E-state index in [-0.39, 0.29) is 12.1 Å². The Labute approximate surface area is 139 Å². The molecule has 0 bridgehead atoms. The summed E-state index contributed by atoms with van der Waals surface area (Å²) in [4.78, 5) is 4.73. The Morgan fingerprint density at radius 2 is 1.87 bits per heavy atom. The van der Waals surface area contributed by atoms with E-state index in [4.69, 9.17) is 0 Å².